The number of hydrogen-bond acceptors (Lipinski definition) is 6. The largest absolute Gasteiger partial charge is 0.358 e. The third-order valence-electron chi connectivity index (χ3n) is 5.98. The van der Waals surface area contributed by atoms with Gasteiger partial charge in [-0.3, -0.25) is 20.1 Å². The van der Waals surface area contributed by atoms with E-state index in [9.17, 15) is 4.39 Å². The lowest BCUT2D eigenvalue weighted by atomic mass is 10.1. The van der Waals surface area contributed by atoms with Crippen LogP contribution in [0.4, 0.5) is 10.1 Å². The molecule has 36 heavy (non-hydrogen) atoms. The van der Waals surface area contributed by atoms with Crippen LogP contribution in [-0.2, 0) is 0 Å². The van der Waals surface area contributed by atoms with Crippen molar-refractivity contribution in [2.45, 2.75) is 13.3 Å². The Morgan fingerprint density at radius 3 is 2.75 bits per heavy atom. The molecule has 6 rings (SSSR count). The first-order valence-corrected chi connectivity index (χ1v) is 11.4. The lowest BCUT2D eigenvalue weighted by Gasteiger charge is -2.08. The predicted octanol–water partition coefficient (Wildman–Crippen LogP) is 6.10. The molecule has 6 aromatic rings. The van der Waals surface area contributed by atoms with Gasteiger partial charge in [-0.25, -0.2) is 9.37 Å². The number of halogens is 1. The Hall–Kier alpha value is -4.92. The molecule has 0 atom stereocenters. The highest BCUT2D eigenvalue weighted by molar-refractivity contribution is 5.97. The third kappa shape index (κ3) is 3.86. The van der Waals surface area contributed by atoms with Crippen LogP contribution in [0.3, 0.4) is 0 Å². The molecule has 0 saturated heterocycles. The summed E-state index contributed by atoms with van der Waals surface area (Å²) in [5, 5.41) is 11.7. The maximum atomic E-state index is 13.9. The molecule has 0 saturated carbocycles. The van der Waals surface area contributed by atoms with Gasteiger partial charge in [-0.1, -0.05) is 25.6 Å². The van der Waals surface area contributed by atoms with Gasteiger partial charge >= 0.3 is 0 Å². The zero-order valence-corrected chi connectivity index (χ0v) is 19.4. The van der Waals surface area contributed by atoms with E-state index in [0.29, 0.717) is 22.6 Å². The first kappa shape index (κ1) is 21.6. The first-order valence-electron chi connectivity index (χ1n) is 11.4. The summed E-state index contributed by atoms with van der Waals surface area (Å²) in [6, 6.07) is 10.3. The van der Waals surface area contributed by atoms with E-state index in [4.69, 9.17) is 4.98 Å². The van der Waals surface area contributed by atoms with Crippen molar-refractivity contribution in [2.24, 2.45) is 0 Å². The van der Waals surface area contributed by atoms with Crippen molar-refractivity contribution in [1.82, 2.24) is 35.1 Å². The van der Waals surface area contributed by atoms with E-state index >= 15 is 0 Å². The summed E-state index contributed by atoms with van der Waals surface area (Å²) in [5.41, 5.74) is 7.66. The molecule has 9 heteroatoms. The zero-order chi connectivity index (χ0) is 24.6. The summed E-state index contributed by atoms with van der Waals surface area (Å²) in [7, 11) is 0. The summed E-state index contributed by atoms with van der Waals surface area (Å²) >= 11 is 0. The molecule has 5 aromatic heterocycles. The number of nitrogens with one attached hydrogen (secondary N) is 3. The Kier molecular flexibility index (Phi) is 5.22. The van der Waals surface area contributed by atoms with Gasteiger partial charge in [-0.05, 0) is 36.2 Å². The van der Waals surface area contributed by atoms with Crippen LogP contribution in [0.25, 0.3) is 55.8 Å². The van der Waals surface area contributed by atoms with Crippen molar-refractivity contribution < 1.29 is 4.39 Å². The number of fused-ring (bicyclic) bond motifs is 2. The van der Waals surface area contributed by atoms with E-state index in [1.807, 2.05) is 25.1 Å². The number of H-pyrrole nitrogens is 2. The monoisotopic (exact) mass is 476 g/mol. The van der Waals surface area contributed by atoms with E-state index in [1.165, 1.54) is 12.1 Å². The lowest BCUT2D eigenvalue weighted by Crippen LogP contribution is -1.97. The second-order valence-electron chi connectivity index (χ2n) is 8.41. The van der Waals surface area contributed by atoms with Gasteiger partial charge in [0.25, 0.3) is 0 Å². The molecule has 0 amide bonds. The maximum Gasteiger partial charge on any atom is 0.159 e. The first-order chi connectivity index (χ1) is 17.6. The number of pyridine rings is 3. The normalized spacial score (nSPS) is 11.3. The SMILES string of the molecule is C=C(CC)Nc1cncc(-c2cc3c(-c4nc5c(-c6cccc(F)c6)cncc5[nH]4)n[nH]c3cn2)c1. The van der Waals surface area contributed by atoms with Crippen LogP contribution < -0.4 is 5.32 Å². The average Bonchev–Trinajstić information content (AvgIpc) is 3.52. The second kappa shape index (κ2) is 8.70. The van der Waals surface area contributed by atoms with Gasteiger partial charge in [0, 0.05) is 34.6 Å². The Balaban J connectivity index is 1.43. The number of nitrogens with zero attached hydrogens (tertiary/aromatic N) is 5. The highest BCUT2D eigenvalue weighted by Crippen LogP contribution is 2.32. The van der Waals surface area contributed by atoms with Crippen molar-refractivity contribution >= 4 is 27.6 Å². The van der Waals surface area contributed by atoms with Gasteiger partial charge in [0.05, 0.1) is 46.5 Å². The highest BCUT2D eigenvalue weighted by atomic mass is 19.1. The Labute approximate surface area is 205 Å². The maximum absolute atomic E-state index is 13.9. The van der Waals surface area contributed by atoms with Gasteiger partial charge in [0.15, 0.2) is 5.82 Å². The molecule has 176 valence electrons. The van der Waals surface area contributed by atoms with Crippen molar-refractivity contribution in [1.29, 1.82) is 0 Å². The minimum atomic E-state index is -0.314. The van der Waals surface area contributed by atoms with Gasteiger partial charge < -0.3 is 10.3 Å². The Morgan fingerprint density at radius 1 is 1.00 bits per heavy atom. The van der Waals surface area contributed by atoms with Gasteiger partial charge in [-0.2, -0.15) is 5.10 Å². The fraction of sp³-hybridized carbons (Fsp3) is 0.0741. The zero-order valence-electron chi connectivity index (χ0n) is 19.4. The lowest BCUT2D eigenvalue weighted by molar-refractivity contribution is 0.628. The number of hydrogen-bond donors (Lipinski definition) is 3. The van der Waals surface area contributed by atoms with Crippen LogP contribution in [-0.4, -0.2) is 35.1 Å². The summed E-state index contributed by atoms with van der Waals surface area (Å²) in [4.78, 5) is 21.4. The number of benzene rings is 1. The van der Waals surface area contributed by atoms with Crippen molar-refractivity contribution in [3.05, 3.63) is 85.5 Å². The van der Waals surface area contributed by atoms with Gasteiger partial charge in [-0.15, -0.1) is 0 Å². The van der Waals surface area contributed by atoms with Crippen LogP contribution in [0.15, 0.2) is 79.7 Å². The average molecular weight is 477 g/mol. The summed E-state index contributed by atoms with van der Waals surface area (Å²) < 4.78 is 13.9. The molecule has 0 bridgehead atoms. The number of aromatic amines is 2. The molecule has 3 N–H and O–H groups in total. The van der Waals surface area contributed by atoms with Crippen LogP contribution in [0, 0.1) is 5.82 Å². The molecular formula is C27H21FN8. The van der Waals surface area contributed by atoms with E-state index in [0.717, 1.165) is 51.0 Å². The molecular weight excluding hydrogens is 455 g/mol. The molecule has 0 aliphatic rings. The Morgan fingerprint density at radius 2 is 1.89 bits per heavy atom. The highest BCUT2D eigenvalue weighted by Gasteiger charge is 2.17. The van der Waals surface area contributed by atoms with E-state index in [2.05, 4.69) is 42.0 Å². The molecule has 0 spiro atoms. The standard InChI is InChI=1S/C27H21FN8/c1-3-15(2)32-19-8-17(10-29-11-19)22-9-20-23(14-31-22)35-36-26(20)27-33-24-13-30-12-21(25(24)34-27)16-5-4-6-18(28)7-16/h4-14,32H,2-3H2,1H3,(H,33,34)(H,35,36). The van der Waals surface area contributed by atoms with Crippen molar-refractivity contribution in [3.63, 3.8) is 0 Å². The topological polar surface area (TPSA) is 108 Å². The summed E-state index contributed by atoms with van der Waals surface area (Å²) in [5.74, 6) is 0.262. The fourth-order valence-electron chi connectivity index (χ4n) is 4.11. The van der Waals surface area contributed by atoms with E-state index in [-0.39, 0.29) is 5.82 Å². The molecule has 0 aliphatic carbocycles. The van der Waals surface area contributed by atoms with Gasteiger partial charge in [0.2, 0.25) is 0 Å². The van der Waals surface area contributed by atoms with Crippen LogP contribution in [0.5, 0.6) is 0 Å². The molecule has 0 aliphatic heterocycles. The number of rotatable bonds is 6. The number of allylic oxidation sites excluding steroid dienone is 1. The summed E-state index contributed by atoms with van der Waals surface area (Å²) in [6.07, 6.45) is 9.48. The van der Waals surface area contributed by atoms with Crippen molar-refractivity contribution in [2.75, 3.05) is 5.32 Å². The number of aromatic nitrogens is 7. The van der Waals surface area contributed by atoms with Crippen LogP contribution in [0.2, 0.25) is 0 Å². The van der Waals surface area contributed by atoms with Crippen molar-refractivity contribution in [3.8, 4) is 33.9 Å². The molecule has 5 heterocycles. The van der Waals surface area contributed by atoms with E-state index in [1.54, 1.807) is 37.1 Å². The third-order valence-corrected chi connectivity index (χ3v) is 5.98. The molecule has 0 fully saturated rings. The molecule has 1 aromatic carbocycles. The quantitative estimate of drug-likeness (QED) is 0.268. The molecule has 8 nitrogen and oxygen atoms in total. The van der Waals surface area contributed by atoms with Crippen LogP contribution >= 0.6 is 0 Å². The van der Waals surface area contributed by atoms with Crippen LogP contribution in [0.1, 0.15) is 13.3 Å². The number of imidazole rings is 1. The minimum Gasteiger partial charge on any atom is -0.358 e. The smallest absolute Gasteiger partial charge is 0.159 e. The fourth-order valence-corrected chi connectivity index (χ4v) is 4.11. The summed E-state index contributed by atoms with van der Waals surface area (Å²) in [6.45, 7) is 6.04. The molecule has 0 radical (unpaired) electrons. The minimum absolute atomic E-state index is 0.314. The predicted molar refractivity (Wildman–Crippen MR) is 138 cm³/mol. The molecule has 0 unspecified atom stereocenters. The van der Waals surface area contributed by atoms with E-state index < -0.39 is 0 Å². The number of anilines is 1. The van der Waals surface area contributed by atoms with Gasteiger partial charge in [0.1, 0.15) is 11.5 Å². The Bertz CT molecular complexity index is 1750. The second-order valence-corrected chi connectivity index (χ2v) is 8.41.